The van der Waals surface area contributed by atoms with Crippen molar-refractivity contribution in [3.05, 3.63) is 45.9 Å². The molecule has 3 nitrogen and oxygen atoms in total. The molecule has 1 aromatic heterocycles. The summed E-state index contributed by atoms with van der Waals surface area (Å²) in [6, 6.07) is 6.67. The number of hydrogen-bond donors (Lipinski definition) is 1. The molecule has 0 amide bonds. The molecule has 114 valence electrons. The van der Waals surface area contributed by atoms with Gasteiger partial charge in [0.05, 0.1) is 17.7 Å². The summed E-state index contributed by atoms with van der Waals surface area (Å²) in [5.74, 6) is 0.672. The van der Waals surface area contributed by atoms with E-state index in [-0.39, 0.29) is 0 Å². The lowest BCUT2D eigenvalue weighted by Crippen LogP contribution is -2.23. The quantitative estimate of drug-likeness (QED) is 0.842. The molecule has 4 heteroatoms. The lowest BCUT2D eigenvalue weighted by atomic mass is 10.1. The molecule has 0 aliphatic heterocycles. The molecule has 2 rings (SSSR count). The molecule has 0 atom stereocenters. The summed E-state index contributed by atoms with van der Waals surface area (Å²) >= 11 is 1.65. The lowest BCUT2D eigenvalue weighted by Gasteiger charge is -2.22. The summed E-state index contributed by atoms with van der Waals surface area (Å²) in [5, 5.41) is 5.65. The van der Waals surface area contributed by atoms with Gasteiger partial charge >= 0.3 is 0 Å². The maximum atomic E-state index is 4.38. The molecule has 0 unspecified atom stereocenters. The van der Waals surface area contributed by atoms with Crippen molar-refractivity contribution < 1.29 is 0 Å². The van der Waals surface area contributed by atoms with Crippen molar-refractivity contribution in [1.82, 2.24) is 10.3 Å². The van der Waals surface area contributed by atoms with Crippen molar-refractivity contribution in [3.63, 3.8) is 0 Å². The molecule has 0 radical (unpaired) electrons. The third-order valence-electron chi connectivity index (χ3n) is 3.40. The summed E-state index contributed by atoms with van der Waals surface area (Å²) in [7, 11) is 2.13. The van der Waals surface area contributed by atoms with Gasteiger partial charge in [-0.15, -0.1) is 11.3 Å². The molecule has 0 spiro atoms. The van der Waals surface area contributed by atoms with E-state index in [0.29, 0.717) is 5.92 Å². The Morgan fingerprint density at radius 1 is 1.33 bits per heavy atom. The summed E-state index contributed by atoms with van der Waals surface area (Å²) in [6.07, 6.45) is 0. The third-order valence-corrected chi connectivity index (χ3v) is 4.03. The van der Waals surface area contributed by atoms with Crippen molar-refractivity contribution in [3.8, 4) is 0 Å². The Labute approximate surface area is 132 Å². The molecule has 1 aromatic carbocycles. The van der Waals surface area contributed by atoms with Gasteiger partial charge in [-0.05, 0) is 31.0 Å². The van der Waals surface area contributed by atoms with Crippen LogP contribution in [0.25, 0.3) is 0 Å². The monoisotopic (exact) mass is 303 g/mol. The van der Waals surface area contributed by atoms with E-state index in [0.717, 1.165) is 25.3 Å². The zero-order valence-electron chi connectivity index (χ0n) is 13.4. The number of aryl methyl sites for hydroxylation is 1. The number of thiazole rings is 1. The number of benzene rings is 1. The second-order valence-corrected chi connectivity index (χ2v) is 6.71. The molecule has 0 aliphatic rings. The van der Waals surface area contributed by atoms with Crippen LogP contribution in [0.15, 0.2) is 29.1 Å². The van der Waals surface area contributed by atoms with Crippen LogP contribution in [0.5, 0.6) is 0 Å². The van der Waals surface area contributed by atoms with E-state index in [4.69, 9.17) is 0 Å². The Hall–Kier alpha value is -1.39. The second kappa shape index (κ2) is 7.57. The highest BCUT2D eigenvalue weighted by atomic mass is 32.1. The van der Waals surface area contributed by atoms with Gasteiger partial charge in [-0.2, -0.15) is 0 Å². The fraction of sp³-hybridized carbons (Fsp3) is 0.471. The van der Waals surface area contributed by atoms with E-state index in [1.165, 1.54) is 16.8 Å². The minimum Gasteiger partial charge on any atom is -0.368 e. The van der Waals surface area contributed by atoms with Gasteiger partial charge in [0.25, 0.3) is 0 Å². The van der Waals surface area contributed by atoms with Crippen LogP contribution in [0.2, 0.25) is 0 Å². The number of aromatic nitrogens is 1. The zero-order valence-corrected chi connectivity index (χ0v) is 14.2. The van der Waals surface area contributed by atoms with Gasteiger partial charge in [0.2, 0.25) is 0 Å². The summed E-state index contributed by atoms with van der Waals surface area (Å²) in [4.78, 5) is 6.65. The number of rotatable bonds is 7. The lowest BCUT2D eigenvalue weighted by molar-refractivity contribution is 0.552. The molecule has 1 heterocycles. The summed E-state index contributed by atoms with van der Waals surface area (Å²) < 4.78 is 0. The molecule has 21 heavy (non-hydrogen) atoms. The first-order chi connectivity index (χ1) is 10.1. The highest BCUT2D eigenvalue weighted by molar-refractivity contribution is 7.07. The van der Waals surface area contributed by atoms with Gasteiger partial charge in [0.1, 0.15) is 0 Å². The minimum absolute atomic E-state index is 0.672. The van der Waals surface area contributed by atoms with E-state index in [1.54, 1.807) is 11.3 Å². The van der Waals surface area contributed by atoms with E-state index in [9.17, 15) is 0 Å². The third kappa shape index (κ3) is 4.83. The van der Waals surface area contributed by atoms with Gasteiger partial charge in [-0.3, -0.25) is 0 Å². The van der Waals surface area contributed by atoms with Crippen molar-refractivity contribution in [2.24, 2.45) is 5.92 Å². The van der Waals surface area contributed by atoms with Crippen LogP contribution in [-0.2, 0) is 13.1 Å². The van der Waals surface area contributed by atoms with Crippen molar-refractivity contribution in [1.29, 1.82) is 0 Å². The fourth-order valence-corrected chi connectivity index (χ4v) is 2.92. The number of nitrogens with one attached hydrogen (secondary N) is 1. The molecule has 1 N–H and O–H groups in total. The van der Waals surface area contributed by atoms with E-state index in [1.807, 2.05) is 5.51 Å². The van der Waals surface area contributed by atoms with Crippen molar-refractivity contribution >= 4 is 17.0 Å². The molecular formula is C17H25N3S. The Kier molecular flexibility index (Phi) is 5.76. The average Bonchev–Trinajstić information content (AvgIpc) is 2.91. The van der Waals surface area contributed by atoms with Crippen LogP contribution in [0.3, 0.4) is 0 Å². The summed E-state index contributed by atoms with van der Waals surface area (Å²) in [6.45, 7) is 9.43. The van der Waals surface area contributed by atoms with Crippen LogP contribution in [0.1, 0.15) is 30.7 Å². The predicted molar refractivity (Wildman–Crippen MR) is 91.9 cm³/mol. The minimum atomic E-state index is 0.672. The van der Waals surface area contributed by atoms with Gasteiger partial charge < -0.3 is 10.2 Å². The van der Waals surface area contributed by atoms with Crippen LogP contribution < -0.4 is 10.2 Å². The topological polar surface area (TPSA) is 28.2 Å². The number of nitrogens with zero attached hydrogens (tertiary/aromatic N) is 2. The van der Waals surface area contributed by atoms with E-state index >= 15 is 0 Å². The van der Waals surface area contributed by atoms with Crippen LogP contribution >= 0.6 is 11.3 Å². The second-order valence-electron chi connectivity index (χ2n) is 5.99. The molecule has 0 saturated heterocycles. The molecule has 0 bridgehead atoms. The van der Waals surface area contributed by atoms with Crippen molar-refractivity contribution in [2.75, 3.05) is 18.5 Å². The Morgan fingerprint density at radius 2 is 2.14 bits per heavy atom. The molecule has 0 aliphatic carbocycles. The normalized spacial score (nSPS) is 11.1. The predicted octanol–water partition coefficient (Wildman–Crippen LogP) is 3.83. The molecule has 0 saturated carbocycles. The zero-order chi connectivity index (χ0) is 15.2. The SMILES string of the molecule is Cc1ccc(N(C)Cc2cscn2)c(CNCC(C)C)c1. The number of hydrogen-bond acceptors (Lipinski definition) is 4. The number of anilines is 1. The Bertz CT molecular complexity index is 549. The fourth-order valence-electron chi connectivity index (χ4n) is 2.37. The van der Waals surface area contributed by atoms with Gasteiger partial charge in [0.15, 0.2) is 0 Å². The smallest absolute Gasteiger partial charge is 0.0795 e. The van der Waals surface area contributed by atoms with Gasteiger partial charge in [0, 0.05) is 24.7 Å². The van der Waals surface area contributed by atoms with Crippen LogP contribution in [0, 0.1) is 12.8 Å². The summed E-state index contributed by atoms with van der Waals surface area (Å²) in [5.41, 5.74) is 6.97. The van der Waals surface area contributed by atoms with Gasteiger partial charge in [-0.1, -0.05) is 31.5 Å². The van der Waals surface area contributed by atoms with Crippen molar-refractivity contribution in [2.45, 2.75) is 33.9 Å². The maximum Gasteiger partial charge on any atom is 0.0795 e. The maximum absolute atomic E-state index is 4.38. The standard InChI is InChI=1S/C17H25N3S/c1-13(2)8-18-9-15-7-14(3)5-6-17(15)20(4)10-16-11-21-12-19-16/h5-7,11-13,18H,8-10H2,1-4H3. The first kappa shape index (κ1) is 16.0. The van der Waals surface area contributed by atoms with E-state index in [2.05, 4.69) is 66.6 Å². The van der Waals surface area contributed by atoms with Crippen LogP contribution in [-0.4, -0.2) is 18.6 Å². The highest BCUT2D eigenvalue weighted by Crippen LogP contribution is 2.22. The molecular weight excluding hydrogens is 278 g/mol. The van der Waals surface area contributed by atoms with Crippen LogP contribution in [0.4, 0.5) is 5.69 Å². The Balaban J connectivity index is 2.09. The van der Waals surface area contributed by atoms with E-state index < -0.39 is 0 Å². The Morgan fingerprint density at radius 3 is 2.81 bits per heavy atom. The highest BCUT2D eigenvalue weighted by Gasteiger charge is 2.09. The average molecular weight is 303 g/mol. The first-order valence-electron chi connectivity index (χ1n) is 7.44. The van der Waals surface area contributed by atoms with Gasteiger partial charge in [-0.25, -0.2) is 4.98 Å². The molecule has 2 aromatic rings. The largest absolute Gasteiger partial charge is 0.368 e. The first-order valence-corrected chi connectivity index (χ1v) is 8.39. The molecule has 0 fully saturated rings.